The minimum absolute atomic E-state index is 0.612. The first-order valence-electron chi connectivity index (χ1n) is 7.20. The van der Waals surface area contributed by atoms with Gasteiger partial charge in [-0.2, -0.15) is 5.10 Å². The summed E-state index contributed by atoms with van der Waals surface area (Å²) in [6, 6.07) is 11.5. The fourth-order valence-electron chi connectivity index (χ4n) is 2.23. The van der Waals surface area contributed by atoms with E-state index in [2.05, 4.69) is 15.5 Å². The Labute approximate surface area is 143 Å². The Morgan fingerprint density at radius 1 is 1.04 bits per heavy atom. The van der Waals surface area contributed by atoms with Gasteiger partial charge in [0.15, 0.2) is 0 Å². The molecule has 1 N–H and O–H groups in total. The van der Waals surface area contributed by atoms with Gasteiger partial charge in [0.1, 0.15) is 17.2 Å². The van der Waals surface area contributed by atoms with Crippen LogP contribution in [0.3, 0.4) is 0 Å². The maximum Gasteiger partial charge on any atom is 0.204 e. The van der Waals surface area contributed by atoms with Crippen LogP contribution in [0.1, 0.15) is 5.56 Å². The fourth-order valence-corrected chi connectivity index (χ4v) is 3.05. The molecule has 0 amide bonds. The van der Waals surface area contributed by atoms with Gasteiger partial charge in [0.2, 0.25) is 5.13 Å². The number of fused-ring (bicyclic) bond motifs is 1. The lowest BCUT2D eigenvalue weighted by Gasteiger charge is -2.11. The molecule has 6 nitrogen and oxygen atoms in total. The molecule has 0 aliphatic heterocycles. The molecule has 0 spiro atoms. The molecule has 3 aromatic rings. The first-order valence-corrected chi connectivity index (χ1v) is 8.01. The first-order chi connectivity index (χ1) is 11.7. The highest BCUT2D eigenvalue weighted by Crippen LogP contribution is 2.32. The Hall–Kier alpha value is -2.80. The highest BCUT2D eigenvalue weighted by molar-refractivity contribution is 7.22. The number of aromatic nitrogens is 1. The van der Waals surface area contributed by atoms with Gasteiger partial charge in [0, 0.05) is 12.1 Å². The molecule has 0 aliphatic carbocycles. The summed E-state index contributed by atoms with van der Waals surface area (Å²) in [4.78, 5) is 4.47. The van der Waals surface area contributed by atoms with Crippen LogP contribution < -0.4 is 19.6 Å². The Morgan fingerprint density at radius 2 is 1.75 bits per heavy atom. The molecular formula is C17H17N3O3S. The molecule has 1 heterocycles. The lowest BCUT2D eigenvalue weighted by atomic mass is 10.2. The summed E-state index contributed by atoms with van der Waals surface area (Å²) in [5.74, 6) is 1.88. The van der Waals surface area contributed by atoms with Gasteiger partial charge in [-0.05, 0) is 12.1 Å². The van der Waals surface area contributed by atoms with E-state index in [0.29, 0.717) is 17.2 Å². The molecule has 0 unspecified atom stereocenters. The van der Waals surface area contributed by atoms with Crippen LogP contribution >= 0.6 is 11.3 Å². The lowest BCUT2D eigenvalue weighted by Crippen LogP contribution is -1.99. The number of thiazole rings is 1. The highest BCUT2D eigenvalue weighted by Gasteiger charge is 2.11. The smallest absolute Gasteiger partial charge is 0.204 e. The van der Waals surface area contributed by atoms with E-state index in [0.717, 1.165) is 20.9 Å². The number of hydrogen-bond acceptors (Lipinski definition) is 7. The Bertz CT molecular complexity index is 818. The number of nitrogens with zero attached hydrogens (tertiary/aromatic N) is 2. The van der Waals surface area contributed by atoms with E-state index < -0.39 is 0 Å². The normalized spacial score (nSPS) is 11.0. The molecule has 2 aromatic carbocycles. The number of rotatable bonds is 6. The number of benzene rings is 2. The average Bonchev–Trinajstić information content (AvgIpc) is 3.04. The maximum absolute atomic E-state index is 5.39. The SMILES string of the molecule is COc1cc(OC)c(/C=N/Nc2nc3ccccc3s2)c(OC)c1. The van der Waals surface area contributed by atoms with Crippen molar-refractivity contribution in [3.63, 3.8) is 0 Å². The number of ether oxygens (including phenoxy) is 3. The van der Waals surface area contributed by atoms with Crippen LogP contribution in [0.2, 0.25) is 0 Å². The molecule has 0 fully saturated rings. The van der Waals surface area contributed by atoms with E-state index in [9.17, 15) is 0 Å². The molecule has 1 aromatic heterocycles. The van der Waals surface area contributed by atoms with Crippen molar-refractivity contribution >= 4 is 32.9 Å². The number of methoxy groups -OCH3 is 3. The molecule has 0 saturated carbocycles. The van der Waals surface area contributed by atoms with Crippen molar-refractivity contribution in [1.82, 2.24) is 4.98 Å². The van der Waals surface area contributed by atoms with E-state index >= 15 is 0 Å². The number of hydrazone groups is 1. The Balaban J connectivity index is 1.85. The van der Waals surface area contributed by atoms with Crippen LogP contribution in [0.25, 0.3) is 10.2 Å². The van der Waals surface area contributed by atoms with Gasteiger partial charge in [-0.1, -0.05) is 23.5 Å². The van der Waals surface area contributed by atoms with E-state index in [1.165, 1.54) is 11.3 Å². The summed E-state index contributed by atoms with van der Waals surface area (Å²) < 4.78 is 17.1. The molecule has 0 radical (unpaired) electrons. The van der Waals surface area contributed by atoms with Crippen molar-refractivity contribution in [2.45, 2.75) is 0 Å². The largest absolute Gasteiger partial charge is 0.496 e. The van der Waals surface area contributed by atoms with E-state index in [4.69, 9.17) is 14.2 Å². The topological polar surface area (TPSA) is 65.0 Å². The van der Waals surface area contributed by atoms with Crippen LogP contribution in [0.4, 0.5) is 5.13 Å². The maximum atomic E-state index is 5.39. The summed E-state index contributed by atoms with van der Waals surface area (Å²) in [7, 11) is 4.77. The minimum atomic E-state index is 0.612. The van der Waals surface area contributed by atoms with Crippen LogP contribution in [-0.2, 0) is 0 Å². The van der Waals surface area contributed by atoms with Gasteiger partial charge >= 0.3 is 0 Å². The van der Waals surface area contributed by atoms with Crippen molar-refractivity contribution in [2.24, 2.45) is 5.10 Å². The summed E-state index contributed by atoms with van der Waals surface area (Å²) in [6.07, 6.45) is 1.64. The zero-order valence-corrected chi connectivity index (χ0v) is 14.4. The summed E-state index contributed by atoms with van der Waals surface area (Å²) >= 11 is 1.54. The molecule has 0 bridgehead atoms. The zero-order valence-electron chi connectivity index (χ0n) is 13.6. The standard InChI is InChI=1S/C17H17N3O3S/c1-21-11-8-14(22-2)12(15(9-11)23-3)10-18-20-17-19-13-6-4-5-7-16(13)24-17/h4-10H,1-3H3,(H,19,20)/b18-10+. The predicted octanol–water partition coefficient (Wildman–Crippen LogP) is 3.77. The van der Waals surface area contributed by atoms with Gasteiger partial charge in [0.25, 0.3) is 0 Å². The van der Waals surface area contributed by atoms with Gasteiger partial charge in [-0.25, -0.2) is 4.98 Å². The summed E-state index contributed by atoms with van der Waals surface area (Å²) in [5.41, 5.74) is 4.61. The van der Waals surface area contributed by atoms with Crippen molar-refractivity contribution in [3.8, 4) is 17.2 Å². The number of anilines is 1. The van der Waals surface area contributed by atoms with Crippen molar-refractivity contribution < 1.29 is 14.2 Å². The van der Waals surface area contributed by atoms with Gasteiger partial charge in [-0.3, -0.25) is 5.43 Å². The van der Waals surface area contributed by atoms with Gasteiger partial charge in [-0.15, -0.1) is 0 Å². The second kappa shape index (κ2) is 7.18. The predicted molar refractivity (Wildman–Crippen MR) is 96.9 cm³/mol. The number of hydrogen-bond donors (Lipinski definition) is 1. The van der Waals surface area contributed by atoms with Crippen molar-refractivity contribution in [3.05, 3.63) is 42.0 Å². The molecule has 0 atom stereocenters. The fraction of sp³-hybridized carbons (Fsp3) is 0.176. The average molecular weight is 343 g/mol. The Morgan fingerprint density at radius 3 is 2.38 bits per heavy atom. The molecule has 24 heavy (non-hydrogen) atoms. The van der Waals surface area contributed by atoms with E-state index in [1.807, 2.05) is 24.3 Å². The molecule has 0 saturated heterocycles. The third-order valence-corrected chi connectivity index (χ3v) is 4.34. The zero-order chi connectivity index (χ0) is 16.9. The molecule has 124 valence electrons. The first kappa shape index (κ1) is 16.1. The van der Waals surface area contributed by atoms with Gasteiger partial charge < -0.3 is 14.2 Å². The van der Waals surface area contributed by atoms with Crippen molar-refractivity contribution in [2.75, 3.05) is 26.8 Å². The van der Waals surface area contributed by atoms with Crippen LogP contribution in [0.5, 0.6) is 17.2 Å². The second-order valence-corrected chi connectivity index (χ2v) is 5.83. The van der Waals surface area contributed by atoms with Crippen LogP contribution in [-0.4, -0.2) is 32.5 Å². The van der Waals surface area contributed by atoms with E-state index in [1.54, 1.807) is 39.7 Å². The number of nitrogens with one attached hydrogen (secondary N) is 1. The monoisotopic (exact) mass is 343 g/mol. The lowest BCUT2D eigenvalue weighted by molar-refractivity contribution is 0.374. The van der Waals surface area contributed by atoms with E-state index in [-0.39, 0.29) is 0 Å². The summed E-state index contributed by atoms with van der Waals surface area (Å²) in [5, 5.41) is 4.97. The highest BCUT2D eigenvalue weighted by atomic mass is 32.1. The van der Waals surface area contributed by atoms with Crippen molar-refractivity contribution in [1.29, 1.82) is 0 Å². The third kappa shape index (κ3) is 3.26. The Kier molecular flexibility index (Phi) is 4.81. The minimum Gasteiger partial charge on any atom is -0.496 e. The molecular weight excluding hydrogens is 326 g/mol. The van der Waals surface area contributed by atoms with Gasteiger partial charge in [0.05, 0.1) is 43.3 Å². The third-order valence-electron chi connectivity index (χ3n) is 3.40. The van der Waals surface area contributed by atoms with Crippen LogP contribution in [0, 0.1) is 0 Å². The summed E-state index contributed by atoms with van der Waals surface area (Å²) in [6.45, 7) is 0. The number of para-hydroxylation sites is 1. The van der Waals surface area contributed by atoms with Crippen LogP contribution in [0.15, 0.2) is 41.5 Å². The molecule has 7 heteroatoms. The molecule has 0 aliphatic rings. The quantitative estimate of drug-likeness (QED) is 0.545. The second-order valence-electron chi connectivity index (χ2n) is 4.80. The molecule has 3 rings (SSSR count).